The molecule has 0 fully saturated rings. The molecule has 0 saturated heterocycles. The smallest absolute Gasteiger partial charge is 0.270 e. The fourth-order valence-corrected chi connectivity index (χ4v) is 1.82. The van der Waals surface area contributed by atoms with Gasteiger partial charge in [-0.3, -0.25) is 9.78 Å². The summed E-state index contributed by atoms with van der Waals surface area (Å²) >= 11 is 0. The number of hydrogen-bond donors (Lipinski definition) is 2. The average Bonchev–Trinajstić information content (AvgIpc) is 2.54. The van der Waals surface area contributed by atoms with Crippen LogP contribution in [0, 0.1) is 0 Å². The molecule has 0 atom stereocenters. The van der Waals surface area contributed by atoms with Crippen molar-refractivity contribution in [2.75, 3.05) is 32.5 Å². The second-order valence-electron chi connectivity index (χ2n) is 5.17. The Hall–Kier alpha value is -2.47. The van der Waals surface area contributed by atoms with Crippen molar-refractivity contribution < 1.29 is 4.79 Å². The molecular formula is C16H21N5O. The first-order chi connectivity index (χ1) is 10.6. The van der Waals surface area contributed by atoms with Crippen molar-refractivity contribution in [2.45, 2.75) is 6.54 Å². The van der Waals surface area contributed by atoms with Crippen LogP contribution in [0.5, 0.6) is 0 Å². The highest BCUT2D eigenvalue weighted by atomic mass is 16.1. The summed E-state index contributed by atoms with van der Waals surface area (Å²) in [5.74, 6) is -0.203. The fraction of sp³-hybridized carbons (Fsp3) is 0.312. The van der Waals surface area contributed by atoms with E-state index in [0.717, 1.165) is 24.5 Å². The number of pyridine rings is 2. The van der Waals surface area contributed by atoms with Crippen LogP contribution in [0.2, 0.25) is 0 Å². The Kier molecular flexibility index (Phi) is 5.85. The molecule has 116 valence electrons. The molecule has 6 heteroatoms. The van der Waals surface area contributed by atoms with Gasteiger partial charge in [-0.25, -0.2) is 4.98 Å². The summed E-state index contributed by atoms with van der Waals surface area (Å²) in [7, 11) is 4.05. The van der Waals surface area contributed by atoms with E-state index in [1.807, 2.05) is 38.4 Å². The highest BCUT2D eigenvalue weighted by Crippen LogP contribution is 2.06. The van der Waals surface area contributed by atoms with Gasteiger partial charge >= 0.3 is 0 Å². The zero-order valence-electron chi connectivity index (χ0n) is 12.9. The molecule has 0 bridgehead atoms. The first-order valence-corrected chi connectivity index (χ1v) is 7.18. The first-order valence-electron chi connectivity index (χ1n) is 7.18. The predicted molar refractivity (Wildman–Crippen MR) is 86.7 cm³/mol. The van der Waals surface area contributed by atoms with Gasteiger partial charge in [-0.15, -0.1) is 0 Å². The third-order valence-corrected chi connectivity index (χ3v) is 3.04. The van der Waals surface area contributed by atoms with Gasteiger partial charge in [-0.05, 0) is 38.4 Å². The van der Waals surface area contributed by atoms with Crippen LogP contribution < -0.4 is 10.6 Å². The van der Waals surface area contributed by atoms with Crippen LogP contribution in [0.3, 0.4) is 0 Å². The molecule has 2 aromatic heterocycles. The monoisotopic (exact) mass is 299 g/mol. The van der Waals surface area contributed by atoms with E-state index in [-0.39, 0.29) is 5.91 Å². The molecule has 0 aromatic carbocycles. The highest BCUT2D eigenvalue weighted by Gasteiger charge is 2.07. The average molecular weight is 299 g/mol. The van der Waals surface area contributed by atoms with E-state index in [2.05, 4.69) is 25.5 Å². The normalized spacial score (nSPS) is 10.5. The molecule has 2 rings (SSSR count). The summed E-state index contributed by atoms with van der Waals surface area (Å²) in [6, 6.07) is 9.17. The van der Waals surface area contributed by atoms with Crippen LogP contribution >= 0.6 is 0 Å². The number of hydrogen-bond acceptors (Lipinski definition) is 5. The largest absolute Gasteiger partial charge is 0.383 e. The van der Waals surface area contributed by atoms with Crippen molar-refractivity contribution in [3.63, 3.8) is 0 Å². The molecule has 0 aliphatic rings. The molecular weight excluding hydrogens is 278 g/mol. The van der Waals surface area contributed by atoms with E-state index in [4.69, 9.17) is 0 Å². The lowest BCUT2D eigenvalue weighted by Crippen LogP contribution is -2.24. The Morgan fingerprint density at radius 2 is 2.05 bits per heavy atom. The van der Waals surface area contributed by atoms with Crippen LogP contribution in [0.15, 0.2) is 42.7 Å². The minimum absolute atomic E-state index is 0.203. The molecule has 0 spiro atoms. The zero-order chi connectivity index (χ0) is 15.8. The molecule has 0 aliphatic carbocycles. The van der Waals surface area contributed by atoms with Gasteiger partial charge in [-0.1, -0.05) is 6.07 Å². The van der Waals surface area contributed by atoms with Gasteiger partial charge < -0.3 is 15.5 Å². The summed E-state index contributed by atoms with van der Waals surface area (Å²) in [6.45, 7) is 2.16. The Morgan fingerprint density at radius 3 is 2.68 bits per heavy atom. The fourth-order valence-electron chi connectivity index (χ4n) is 1.82. The second kappa shape index (κ2) is 8.09. The minimum atomic E-state index is -0.203. The van der Waals surface area contributed by atoms with Crippen LogP contribution in [-0.4, -0.2) is 48.0 Å². The van der Waals surface area contributed by atoms with E-state index in [1.54, 1.807) is 18.5 Å². The maximum atomic E-state index is 12.0. The molecule has 2 aromatic rings. The van der Waals surface area contributed by atoms with E-state index in [1.165, 1.54) is 0 Å². The van der Waals surface area contributed by atoms with Gasteiger partial charge in [0.1, 0.15) is 5.69 Å². The number of anilines is 1. The molecule has 22 heavy (non-hydrogen) atoms. The van der Waals surface area contributed by atoms with E-state index in [0.29, 0.717) is 12.2 Å². The van der Waals surface area contributed by atoms with Crippen molar-refractivity contribution >= 4 is 11.6 Å². The van der Waals surface area contributed by atoms with Gasteiger partial charge in [0.15, 0.2) is 0 Å². The van der Waals surface area contributed by atoms with Crippen LogP contribution in [-0.2, 0) is 6.54 Å². The Balaban J connectivity index is 1.83. The van der Waals surface area contributed by atoms with Gasteiger partial charge in [0.25, 0.3) is 5.91 Å². The third kappa shape index (κ3) is 5.14. The molecule has 2 heterocycles. The molecule has 0 radical (unpaired) electrons. The lowest BCUT2D eigenvalue weighted by Gasteiger charge is -2.11. The summed E-state index contributed by atoms with van der Waals surface area (Å²) in [4.78, 5) is 22.4. The van der Waals surface area contributed by atoms with E-state index in [9.17, 15) is 4.79 Å². The van der Waals surface area contributed by atoms with E-state index >= 15 is 0 Å². The summed E-state index contributed by atoms with van der Waals surface area (Å²) < 4.78 is 0. The van der Waals surface area contributed by atoms with Gasteiger partial charge in [0.05, 0.1) is 24.1 Å². The predicted octanol–water partition coefficient (Wildman–Crippen LogP) is 1.38. The van der Waals surface area contributed by atoms with Gasteiger partial charge in [-0.2, -0.15) is 0 Å². The molecule has 1 amide bonds. The standard InChI is InChI=1S/C16H21N5O/c1-21(2)10-9-18-14-6-7-15(19-11-14)16(22)20-12-13-5-3-4-8-17-13/h3-8,11,18H,9-10,12H2,1-2H3,(H,20,22). The Bertz CT molecular complexity index is 583. The first kappa shape index (κ1) is 15.9. The van der Waals surface area contributed by atoms with Crippen LogP contribution in [0.4, 0.5) is 5.69 Å². The number of carbonyl (C=O) groups is 1. The number of rotatable bonds is 7. The highest BCUT2D eigenvalue weighted by molar-refractivity contribution is 5.92. The molecule has 6 nitrogen and oxygen atoms in total. The molecule has 0 saturated carbocycles. The van der Waals surface area contributed by atoms with Crippen LogP contribution in [0.25, 0.3) is 0 Å². The lowest BCUT2D eigenvalue weighted by molar-refractivity contribution is 0.0945. The topological polar surface area (TPSA) is 70.2 Å². The van der Waals surface area contributed by atoms with Crippen molar-refractivity contribution in [2.24, 2.45) is 0 Å². The number of aromatic nitrogens is 2. The minimum Gasteiger partial charge on any atom is -0.383 e. The summed E-state index contributed by atoms with van der Waals surface area (Å²) in [6.07, 6.45) is 3.37. The zero-order valence-corrected chi connectivity index (χ0v) is 12.9. The quantitative estimate of drug-likeness (QED) is 0.808. The Morgan fingerprint density at radius 1 is 1.18 bits per heavy atom. The molecule has 0 aliphatic heterocycles. The number of carbonyl (C=O) groups excluding carboxylic acids is 1. The summed E-state index contributed by atoms with van der Waals surface area (Å²) in [5, 5.41) is 6.06. The maximum Gasteiger partial charge on any atom is 0.270 e. The Labute approximate surface area is 130 Å². The number of likely N-dealkylation sites (N-methyl/N-ethyl adjacent to an activating group) is 1. The van der Waals surface area contributed by atoms with Crippen molar-refractivity contribution in [3.05, 3.63) is 54.1 Å². The number of amides is 1. The lowest BCUT2D eigenvalue weighted by atomic mass is 10.3. The van der Waals surface area contributed by atoms with Crippen molar-refractivity contribution in [3.8, 4) is 0 Å². The van der Waals surface area contributed by atoms with E-state index < -0.39 is 0 Å². The third-order valence-electron chi connectivity index (χ3n) is 3.04. The second-order valence-corrected chi connectivity index (χ2v) is 5.17. The van der Waals surface area contributed by atoms with Crippen molar-refractivity contribution in [1.82, 2.24) is 20.2 Å². The molecule has 2 N–H and O–H groups in total. The van der Waals surface area contributed by atoms with Crippen molar-refractivity contribution in [1.29, 1.82) is 0 Å². The molecule has 0 unspecified atom stereocenters. The number of nitrogens with one attached hydrogen (secondary N) is 2. The maximum absolute atomic E-state index is 12.0. The summed E-state index contributed by atoms with van der Waals surface area (Å²) in [5.41, 5.74) is 2.12. The van der Waals surface area contributed by atoms with Gasteiger partial charge in [0, 0.05) is 19.3 Å². The van der Waals surface area contributed by atoms with Gasteiger partial charge in [0.2, 0.25) is 0 Å². The number of nitrogens with zero attached hydrogens (tertiary/aromatic N) is 3. The van der Waals surface area contributed by atoms with Crippen LogP contribution in [0.1, 0.15) is 16.2 Å². The SMILES string of the molecule is CN(C)CCNc1ccc(C(=O)NCc2ccccn2)nc1.